The van der Waals surface area contributed by atoms with Gasteiger partial charge in [-0.15, -0.1) is 0 Å². The fourth-order valence-electron chi connectivity index (χ4n) is 3.65. The summed E-state index contributed by atoms with van der Waals surface area (Å²) in [5.74, 6) is -0.244. The third-order valence-corrected chi connectivity index (χ3v) is 5.87. The van der Waals surface area contributed by atoms with Gasteiger partial charge >= 0.3 is 5.97 Å². The Kier molecular flexibility index (Phi) is 18.3. The maximum absolute atomic E-state index is 12.7. The number of piperidine rings is 1. The van der Waals surface area contributed by atoms with E-state index in [-0.39, 0.29) is 23.3 Å². The molecule has 1 fully saturated rings. The number of carbonyl (C=O) groups excluding carboxylic acids is 3. The number of aldehydes is 1. The standard InChI is InChI=1S/C19H28N2O2.C9H17NO2.C3H8/c1-19(2,3)17(14-22)20-18(23)16-11-7-8-12-21(16)13-15-9-5-4-6-10-15;1-5-12-9(11)8(2)6-7-10(3)4;1-3-2/h4-6,9-10,14,16-17H,7-8,11-13H2,1-3H3,(H,20,23);6H,5,7H2,1-4H3;3H2,1-2H3/b;8-6+;. The lowest BCUT2D eigenvalue weighted by atomic mass is 9.87. The SMILES string of the molecule is CC(C)(C)C(C=O)NC(=O)C1CCCCN1Cc1ccccc1.CCC.CCOC(=O)/C(C)=C/CN(C)C. The Bertz CT molecular complexity index is 831. The van der Waals surface area contributed by atoms with Crippen LogP contribution in [0, 0.1) is 5.41 Å². The predicted octanol–water partition coefficient (Wildman–Crippen LogP) is 5.24. The average molecular weight is 532 g/mol. The number of ether oxygens (including phenoxy) is 1. The second-order valence-electron chi connectivity index (χ2n) is 11.0. The number of nitrogens with zero attached hydrogens (tertiary/aromatic N) is 2. The van der Waals surface area contributed by atoms with Crippen LogP contribution < -0.4 is 5.32 Å². The van der Waals surface area contributed by atoms with Crippen molar-refractivity contribution in [3.8, 4) is 0 Å². The number of hydrogen-bond acceptors (Lipinski definition) is 6. The summed E-state index contributed by atoms with van der Waals surface area (Å²) in [6.45, 7) is 16.6. The van der Waals surface area contributed by atoms with E-state index in [0.29, 0.717) is 12.2 Å². The molecular formula is C31H53N3O4. The van der Waals surface area contributed by atoms with Crippen LogP contribution in [0.1, 0.15) is 79.7 Å². The second kappa shape index (κ2) is 19.5. The molecular weight excluding hydrogens is 478 g/mol. The number of hydrogen-bond donors (Lipinski definition) is 1. The number of carbonyl (C=O) groups is 3. The highest BCUT2D eigenvalue weighted by Gasteiger charge is 2.32. The van der Waals surface area contributed by atoms with Gasteiger partial charge in [0.05, 0.1) is 18.7 Å². The maximum atomic E-state index is 12.7. The summed E-state index contributed by atoms with van der Waals surface area (Å²) in [5, 5.41) is 2.94. The lowest BCUT2D eigenvalue weighted by Crippen LogP contribution is -2.54. The van der Waals surface area contributed by atoms with Crippen LogP contribution in [0.25, 0.3) is 0 Å². The summed E-state index contributed by atoms with van der Waals surface area (Å²) < 4.78 is 4.81. The van der Waals surface area contributed by atoms with Crippen molar-refractivity contribution in [3.63, 3.8) is 0 Å². The van der Waals surface area contributed by atoms with E-state index in [1.165, 1.54) is 12.0 Å². The van der Waals surface area contributed by atoms with E-state index < -0.39 is 6.04 Å². The molecule has 0 saturated carbocycles. The molecule has 7 nitrogen and oxygen atoms in total. The Morgan fingerprint density at radius 3 is 2.24 bits per heavy atom. The largest absolute Gasteiger partial charge is 0.463 e. The van der Waals surface area contributed by atoms with Crippen LogP contribution in [0.4, 0.5) is 0 Å². The number of benzene rings is 1. The predicted molar refractivity (Wildman–Crippen MR) is 157 cm³/mol. The first-order valence-electron chi connectivity index (χ1n) is 13.9. The van der Waals surface area contributed by atoms with Gasteiger partial charge in [0.1, 0.15) is 6.29 Å². The van der Waals surface area contributed by atoms with Crippen molar-refractivity contribution in [3.05, 3.63) is 47.5 Å². The highest BCUT2D eigenvalue weighted by molar-refractivity contribution is 5.87. The first kappa shape index (κ1) is 35.5. The molecule has 38 heavy (non-hydrogen) atoms. The van der Waals surface area contributed by atoms with Crippen molar-refractivity contribution in [2.75, 3.05) is 33.8 Å². The maximum Gasteiger partial charge on any atom is 0.333 e. The average Bonchev–Trinajstić information content (AvgIpc) is 2.87. The van der Waals surface area contributed by atoms with Crippen LogP contribution in [0.15, 0.2) is 42.0 Å². The topological polar surface area (TPSA) is 79.0 Å². The molecule has 0 aromatic heterocycles. The Labute approximate surface area is 232 Å². The van der Waals surface area contributed by atoms with Gasteiger partial charge in [0.25, 0.3) is 0 Å². The smallest absolute Gasteiger partial charge is 0.333 e. The number of esters is 1. The van der Waals surface area contributed by atoms with E-state index in [0.717, 1.165) is 45.2 Å². The van der Waals surface area contributed by atoms with Crippen molar-refractivity contribution in [2.45, 2.75) is 92.8 Å². The molecule has 0 aliphatic carbocycles. The van der Waals surface area contributed by atoms with E-state index in [9.17, 15) is 14.4 Å². The van der Waals surface area contributed by atoms with E-state index in [1.807, 2.05) is 64.0 Å². The molecule has 1 aromatic carbocycles. The van der Waals surface area contributed by atoms with Crippen LogP contribution in [0.2, 0.25) is 0 Å². The number of likely N-dealkylation sites (tertiary alicyclic amines) is 1. The van der Waals surface area contributed by atoms with E-state index in [1.54, 1.807) is 13.8 Å². The Balaban J connectivity index is 0.000000770. The molecule has 1 aliphatic rings. The molecule has 1 N–H and O–H groups in total. The monoisotopic (exact) mass is 531 g/mol. The van der Waals surface area contributed by atoms with Gasteiger partial charge in [-0.05, 0) is 58.3 Å². The quantitative estimate of drug-likeness (QED) is 0.267. The van der Waals surface area contributed by atoms with Crippen LogP contribution in [-0.4, -0.2) is 73.8 Å². The highest BCUT2D eigenvalue weighted by atomic mass is 16.5. The lowest BCUT2D eigenvalue weighted by Gasteiger charge is -2.36. The number of amides is 1. The molecule has 1 amide bonds. The van der Waals surface area contributed by atoms with Crippen molar-refractivity contribution in [1.82, 2.24) is 15.1 Å². The summed E-state index contributed by atoms with van der Waals surface area (Å²) in [4.78, 5) is 39.3. The van der Waals surface area contributed by atoms with Gasteiger partial charge in [-0.2, -0.15) is 0 Å². The van der Waals surface area contributed by atoms with Crippen LogP contribution >= 0.6 is 0 Å². The summed E-state index contributed by atoms with van der Waals surface area (Å²) in [5.41, 5.74) is 1.62. The van der Waals surface area contributed by atoms with Gasteiger partial charge in [0.2, 0.25) is 5.91 Å². The lowest BCUT2D eigenvalue weighted by molar-refractivity contribution is -0.138. The van der Waals surface area contributed by atoms with Gasteiger partial charge in [-0.25, -0.2) is 4.79 Å². The molecule has 2 atom stereocenters. The van der Waals surface area contributed by atoms with Gasteiger partial charge in [0, 0.05) is 18.7 Å². The summed E-state index contributed by atoms with van der Waals surface area (Å²) >= 11 is 0. The Hall–Kier alpha value is -2.51. The fraction of sp³-hybridized carbons (Fsp3) is 0.645. The Morgan fingerprint density at radius 1 is 1.13 bits per heavy atom. The van der Waals surface area contributed by atoms with Crippen molar-refractivity contribution in [2.24, 2.45) is 5.41 Å². The van der Waals surface area contributed by atoms with Gasteiger partial charge in [0.15, 0.2) is 0 Å². The molecule has 2 rings (SSSR count). The van der Waals surface area contributed by atoms with Gasteiger partial charge < -0.3 is 19.7 Å². The van der Waals surface area contributed by atoms with E-state index in [2.05, 4.69) is 36.2 Å². The summed E-state index contributed by atoms with van der Waals surface area (Å²) in [6, 6.07) is 9.64. The second-order valence-corrected chi connectivity index (χ2v) is 11.0. The molecule has 1 heterocycles. The van der Waals surface area contributed by atoms with Gasteiger partial charge in [-0.1, -0.05) is 83.9 Å². The zero-order valence-corrected chi connectivity index (χ0v) is 25.4. The van der Waals surface area contributed by atoms with E-state index in [4.69, 9.17) is 4.74 Å². The summed E-state index contributed by atoms with van der Waals surface area (Å²) in [7, 11) is 3.91. The third-order valence-electron chi connectivity index (χ3n) is 5.87. The van der Waals surface area contributed by atoms with E-state index >= 15 is 0 Å². The molecule has 0 radical (unpaired) electrons. The molecule has 1 aromatic rings. The molecule has 1 saturated heterocycles. The first-order valence-corrected chi connectivity index (χ1v) is 13.9. The number of likely N-dealkylation sites (N-methyl/N-ethyl adjacent to an activating group) is 1. The minimum atomic E-state index is -0.449. The molecule has 0 bridgehead atoms. The molecule has 7 heteroatoms. The minimum absolute atomic E-state index is 0.0207. The molecule has 216 valence electrons. The molecule has 2 unspecified atom stereocenters. The first-order chi connectivity index (χ1) is 17.9. The van der Waals surface area contributed by atoms with Crippen molar-refractivity contribution in [1.29, 1.82) is 0 Å². The zero-order valence-electron chi connectivity index (χ0n) is 25.4. The van der Waals surface area contributed by atoms with Crippen LogP contribution in [0.5, 0.6) is 0 Å². The summed E-state index contributed by atoms with van der Waals surface area (Å²) in [6.07, 6.45) is 6.99. The van der Waals surface area contributed by atoms with Crippen LogP contribution in [0.3, 0.4) is 0 Å². The highest BCUT2D eigenvalue weighted by Crippen LogP contribution is 2.22. The Morgan fingerprint density at radius 2 is 1.74 bits per heavy atom. The number of rotatable bonds is 9. The zero-order chi connectivity index (χ0) is 29.1. The minimum Gasteiger partial charge on any atom is -0.463 e. The fourth-order valence-corrected chi connectivity index (χ4v) is 3.65. The number of nitrogens with one attached hydrogen (secondary N) is 1. The molecule has 1 aliphatic heterocycles. The van der Waals surface area contributed by atoms with Crippen LogP contribution in [-0.2, 0) is 25.7 Å². The van der Waals surface area contributed by atoms with Gasteiger partial charge in [-0.3, -0.25) is 9.69 Å². The normalized spacial score (nSPS) is 16.8. The molecule has 0 spiro atoms. The van der Waals surface area contributed by atoms with Crippen molar-refractivity contribution >= 4 is 18.2 Å². The third kappa shape index (κ3) is 15.0. The van der Waals surface area contributed by atoms with Crippen molar-refractivity contribution < 1.29 is 19.1 Å².